The first-order chi connectivity index (χ1) is 9.63. The highest BCUT2D eigenvalue weighted by Crippen LogP contribution is 2.19. The fourth-order valence-electron chi connectivity index (χ4n) is 2.24. The molecule has 3 rings (SSSR count). The molecule has 0 spiro atoms. The first kappa shape index (κ1) is 12.4. The number of aromatic carboxylic acids is 1. The van der Waals surface area contributed by atoms with Gasteiger partial charge in [-0.3, -0.25) is 0 Å². The Labute approximate surface area is 114 Å². The van der Waals surface area contributed by atoms with E-state index in [2.05, 4.69) is 0 Å². The van der Waals surface area contributed by atoms with Gasteiger partial charge >= 0.3 is 5.97 Å². The lowest BCUT2D eigenvalue weighted by molar-refractivity contribution is 0.0697. The molecule has 2 aromatic carbocycles. The van der Waals surface area contributed by atoms with E-state index in [1.54, 1.807) is 30.3 Å². The molecule has 4 heteroatoms. The Hall–Kier alpha value is -2.62. The van der Waals surface area contributed by atoms with Crippen molar-refractivity contribution >= 4 is 16.9 Å². The number of nitrogens with zero attached hydrogens (tertiary/aromatic N) is 1. The van der Waals surface area contributed by atoms with E-state index < -0.39 is 5.97 Å². The fraction of sp³-hybridized carbons (Fsp3) is 0.0625. The average Bonchev–Trinajstić information content (AvgIpc) is 2.84. The maximum atomic E-state index is 12.9. The molecule has 0 saturated carbocycles. The third-order valence-electron chi connectivity index (χ3n) is 3.29. The van der Waals surface area contributed by atoms with Crippen LogP contribution in [0.1, 0.15) is 15.9 Å². The second-order valence-electron chi connectivity index (χ2n) is 4.65. The SMILES string of the molecule is O=C(O)c1ccc2ccn(Cc3ccc(F)cc3)c2c1. The number of carboxylic acids is 1. The van der Waals surface area contributed by atoms with Crippen molar-refractivity contribution < 1.29 is 14.3 Å². The van der Waals surface area contributed by atoms with Crippen molar-refractivity contribution in [1.29, 1.82) is 0 Å². The summed E-state index contributed by atoms with van der Waals surface area (Å²) in [6.07, 6.45) is 1.90. The Morgan fingerprint density at radius 2 is 1.85 bits per heavy atom. The van der Waals surface area contributed by atoms with Gasteiger partial charge in [-0.25, -0.2) is 9.18 Å². The van der Waals surface area contributed by atoms with Crippen LogP contribution in [0.3, 0.4) is 0 Å². The summed E-state index contributed by atoms with van der Waals surface area (Å²) in [6.45, 7) is 0.576. The highest BCUT2D eigenvalue weighted by Gasteiger charge is 2.07. The lowest BCUT2D eigenvalue weighted by Gasteiger charge is -2.06. The van der Waals surface area contributed by atoms with Gasteiger partial charge in [-0.15, -0.1) is 0 Å². The van der Waals surface area contributed by atoms with Gasteiger partial charge in [-0.05, 0) is 41.3 Å². The van der Waals surface area contributed by atoms with Crippen molar-refractivity contribution in [2.24, 2.45) is 0 Å². The monoisotopic (exact) mass is 269 g/mol. The molecule has 0 aliphatic rings. The van der Waals surface area contributed by atoms with E-state index in [1.807, 2.05) is 16.8 Å². The summed E-state index contributed by atoms with van der Waals surface area (Å²) >= 11 is 0. The van der Waals surface area contributed by atoms with Crippen LogP contribution in [0.15, 0.2) is 54.7 Å². The van der Waals surface area contributed by atoms with E-state index in [4.69, 9.17) is 5.11 Å². The standard InChI is InChI=1S/C16H12FNO2/c17-14-5-1-11(2-6-14)10-18-8-7-12-3-4-13(16(19)20)9-15(12)18/h1-9H,10H2,(H,19,20). The molecule has 0 amide bonds. The van der Waals surface area contributed by atoms with E-state index in [1.165, 1.54) is 12.1 Å². The molecule has 0 fully saturated rings. The molecule has 0 aliphatic carbocycles. The van der Waals surface area contributed by atoms with Crippen molar-refractivity contribution in [3.63, 3.8) is 0 Å². The minimum Gasteiger partial charge on any atom is -0.478 e. The molecule has 3 aromatic rings. The zero-order valence-corrected chi connectivity index (χ0v) is 10.6. The number of rotatable bonds is 3. The summed E-state index contributed by atoms with van der Waals surface area (Å²) in [5.74, 6) is -1.21. The Kier molecular flexibility index (Phi) is 2.99. The van der Waals surface area contributed by atoms with Crippen LogP contribution in [0.25, 0.3) is 10.9 Å². The van der Waals surface area contributed by atoms with Crippen LogP contribution in [0, 0.1) is 5.82 Å². The molecule has 1 aromatic heterocycles. The molecule has 0 bridgehead atoms. The minimum atomic E-state index is -0.943. The number of carbonyl (C=O) groups is 1. The van der Waals surface area contributed by atoms with Crippen molar-refractivity contribution in [3.05, 3.63) is 71.7 Å². The summed E-state index contributed by atoms with van der Waals surface area (Å²) in [6, 6.07) is 13.3. The first-order valence-electron chi connectivity index (χ1n) is 6.20. The van der Waals surface area contributed by atoms with E-state index in [-0.39, 0.29) is 11.4 Å². The maximum Gasteiger partial charge on any atom is 0.335 e. The zero-order valence-electron chi connectivity index (χ0n) is 10.6. The number of fused-ring (bicyclic) bond motifs is 1. The molecule has 0 atom stereocenters. The van der Waals surface area contributed by atoms with Crippen LogP contribution in [-0.4, -0.2) is 15.6 Å². The summed E-state index contributed by atoms with van der Waals surface area (Å²) < 4.78 is 14.8. The highest BCUT2D eigenvalue weighted by atomic mass is 19.1. The quantitative estimate of drug-likeness (QED) is 0.790. The molecule has 3 nitrogen and oxygen atoms in total. The van der Waals surface area contributed by atoms with Crippen LogP contribution in [0.2, 0.25) is 0 Å². The van der Waals surface area contributed by atoms with Gasteiger partial charge in [0.25, 0.3) is 0 Å². The average molecular weight is 269 g/mol. The Bertz CT molecular complexity index is 775. The molecule has 0 unspecified atom stereocenters. The molecule has 100 valence electrons. The molecule has 0 aliphatic heterocycles. The number of benzene rings is 2. The van der Waals surface area contributed by atoms with E-state index in [0.717, 1.165) is 16.5 Å². The molecule has 1 heterocycles. The molecule has 20 heavy (non-hydrogen) atoms. The highest BCUT2D eigenvalue weighted by molar-refractivity contribution is 5.93. The second kappa shape index (κ2) is 4.81. The van der Waals surface area contributed by atoms with Gasteiger partial charge in [0.1, 0.15) is 5.82 Å². The van der Waals surface area contributed by atoms with Gasteiger partial charge in [0.15, 0.2) is 0 Å². The van der Waals surface area contributed by atoms with E-state index >= 15 is 0 Å². The molecular formula is C16H12FNO2. The van der Waals surface area contributed by atoms with Crippen molar-refractivity contribution in [2.75, 3.05) is 0 Å². The number of halogens is 1. The third-order valence-corrected chi connectivity index (χ3v) is 3.29. The molecule has 1 N–H and O–H groups in total. The van der Waals surface area contributed by atoms with Crippen LogP contribution in [-0.2, 0) is 6.54 Å². The summed E-state index contributed by atoms with van der Waals surface area (Å²) in [5.41, 5.74) is 2.08. The Morgan fingerprint density at radius 1 is 1.10 bits per heavy atom. The van der Waals surface area contributed by atoms with Gasteiger partial charge < -0.3 is 9.67 Å². The van der Waals surface area contributed by atoms with Gasteiger partial charge in [-0.2, -0.15) is 0 Å². The van der Waals surface area contributed by atoms with Crippen LogP contribution < -0.4 is 0 Å². The second-order valence-corrected chi connectivity index (χ2v) is 4.65. The third kappa shape index (κ3) is 2.28. The maximum absolute atomic E-state index is 12.9. The summed E-state index contributed by atoms with van der Waals surface area (Å²) in [4.78, 5) is 11.0. The number of hydrogen-bond acceptors (Lipinski definition) is 1. The first-order valence-corrected chi connectivity index (χ1v) is 6.20. The smallest absolute Gasteiger partial charge is 0.335 e. The number of carboxylic acid groups (broad SMARTS) is 1. The largest absolute Gasteiger partial charge is 0.478 e. The zero-order chi connectivity index (χ0) is 14.1. The summed E-state index contributed by atoms with van der Waals surface area (Å²) in [5, 5.41) is 10.0. The van der Waals surface area contributed by atoms with Crippen LogP contribution >= 0.6 is 0 Å². The van der Waals surface area contributed by atoms with Gasteiger partial charge in [0.2, 0.25) is 0 Å². The predicted molar refractivity (Wildman–Crippen MR) is 74.4 cm³/mol. The normalized spacial score (nSPS) is 10.8. The van der Waals surface area contributed by atoms with E-state index in [0.29, 0.717) is 6.54 Å². The molecule has 0 saturated heterocycles. The van der Waals surface area contributed by atoms with Gasteiger partial charge in [0, 0.05) is 18.3 Å². The van der Waals surface area contributed by atoms with Crippen LogP contribution in [0.4, 0.5) is 4.39 Å². The molecular weight excluding hydrogens is 257 g/mol. The molecule has 0 radical (unpaired) electrons. The number of hydrogen-bond donors (Lipinski definition) is 1. The van der Waals surface area contributed by atoms with Crippen molar-refractivity contribution in [2.45, 2.75) is 6.54 Å². The topological polar surface area (TPSA) is 42.2 Å². The van der Waals surface area contributed by atoms with Gasteiger partial charge in [0.05, 0.1) is 5.56 Å². The lowest BCUT2D eigenvalue weighted by Crippen LogP contribution is -2.00. The van der Waals surface area contributed by atoms with Crippen molar-refractivity contribution in [1.82, 2.24) is 4.57 Å². The number of aromatic nitrogens is 1. The van der Waals surface area contributed by atoms with E-state index in [9.17, 15) is 9.18 Å². The van der Waals surface area contributed by atoms with Crippen molar-refractivity contribution in [3.8, 4) is 0 Å². The Morgan fingerprint density at radius 3 is 2.55 bits per heavy atom. The fourth-order valence-corrected chi connectivity index (χ4v) is 2.24. The minimum absolute atomic E-state index is 0.261. The van der Waals surface area contributed by atoms with Gasteiger partial charge in [-0.1, -0.05) is 18.2 Å². The Balaban J connectivity index is 2.00. The van der Waals surface area contributed by atoms with Crippen LogP contribution in [0.5, 0.6) is 0 Å². The lowest BCUT2D eigenvalue weighted by atomic mass is 10.1. The predicted octanol–water partition coefficient (Wildman–Crippen LogP) is 3.53. The summed E-state index contributed by atoms with van der Waals surface area (Å²) in [7, 11) is 0.